The number of aliphatic hydroxyl groups excluding tert-OH is 2. The van der Waals surface area contributed by atoms with Crippen molar-refractivity contribution in [2.24, 2.45) is 0 Å². The Balaban J connectivity index is 0.000000141. The molecule has 732 valence electrons. The Morgan fingerprint density at radius 1 is 0.257 bits per heavy atom. The molecular formula is C122H117Br2N7O13. The summed E-state index contributed by atoms with van der Waals surface area (Å²) in [6, 6.07) is 102. The molecule has 0 bridgehead atoms. The van der Waals surface area contributed by atoms with Crippen molar-refractivity contribution in [3.05, 3.63) is 513 Å². The van der Waals surface area contributed by atoms with E-state index >= 15 is 0 Å². The van der Waals surface area contributed by atoms with Gasteiger partial charge in [-0.2, -0.15) is 0 Å². The molecule has 2 N–H and O–H groups in total. The van der Waals surface area contributed by atoms with Crippen molar-refractivity contribution >= 4 is 96.3 Å². The number of Topliss-reactive ketones (excluding diaryl/α,β-unsaturated/α-hetero) is 4. The van der Waals surface area contributed by atoms with Gasteiger partial charge in [0.15, 0.2) is 11.6 Å². The van der Waals surface area contributed by atoms with Crippen LogP contribution in [-0.4, -0.2) is 161 Å². The van der Waals surface area contributed by atoms with Gasteiger partial charge in [0, 0.05) is 119 Å². The minimum Gasteiger partial charge on any atom is -0.389 e. The first-order chi connectivity index (χ1) is 69.9. The molecule has 20 nitrogen and oxygen atoms in total. The number of nitrogens with zero attached hydrogens (tertiary/aromatic N) is 7. The van der Waals surface area contributed by atoms with Gasteiger partial charge in [0.2, 0.25) is 41.4 Å². The van der Waals surface area contributed by atoms with E-state index in [0.29, 0.717) is 97.9 Å². The highest BCUT2D eigenvalue weighted by molar-refractivity contribution is 9.10. The summed E-state index contributed by atoms with van der Waals surface area (Å²) in [6.07, 6.45) is 10.9. The second-order valence-electron chi connectivity index (χ2n) is 35.7. The lowest BCUT2D eigenvalue weighted by atomic mass is 9.84. The molecule has 22 heteroatoms. The summed E-state index contributed by atoms with van der Waals surface area (Å²) in [5, 5.41) is 18.0. The van der Waals surface area contributed by atoms with Crippen LogP contribution in [0, 0.1) is 0 Å². The Hall–Kier alpha value is -15.3. The first kappa shape index (κ1) is 106. The number of benzene rings is 12. The molecule has 7 amide bonds. The van der Waals surface area contributed by atoms with Crippen LogP contribution in [0.15, 0.2) is 407 Å². The summed E-state index contributed by atoms with van der Waals surface area (Å²) in [4.78, 5) is 145. The molecule has 7 aliphatic heterocycles. The molecule has 0 aliphatic carbocycles. The fraction of sp³-hybridized carbons (Fsp3) is 0.205. The van der Waals surface area contributed by atoms with Crippen LogP contribution in [0.4, 0.5) is 0 Å². The number of amides is 7. The van der Waals surface area contributed by atoms with Crippen molar-refractivity contribution in [1.82, 2.24) is 34.3 Å². The van der Waals surface area contributed by atoms with Gasteiger partial charge in [0.05, 0.1) is 29.7 Å². The lowest BCUT2D eigenvalue weighted by Gasteiger charge is -2.36. The second-order valence-corrected chi connectivity index (χ2v) is 37.6. The smallest absolute Gasteiger partial charge is 0.246 e. The van der Waals surface area contributed by atoms with Crippen LogP contribution >= 0.6 is 31.9 Å². The highest BCUT2D eigenvalue weighted by Crippen LogP contribution is 2.41. The first-order valence-electron chi connectivity index (χ1n) is 47.8. The fourth-order valence-electron chi connectivity index (χ4n) is 19.4. The monoisotopic (exact) mass is 2050 g/mol. The Bertz CT molecular complexity index is 6350. The van der Waals surface area contributed by atoms with Crippen molar-refractivity contribution in [1.29, 1.82) is 0 Å². The van der Waals surface area contributed by atoms with Crippen LogP contribution < -0.4 is 0 Å². The molecule has 0 spiro atoms. The third-order valence-electron chi connectivity index (χ3n) is 26.8. The van der Waals surface area contributed by atoms with E-state index in [4.69, 9.17) is 10.2 Å². The van der Waals surface area contributed by atoms with Crippen molar-refractivity contribution in [2.75, 3.05) is 52.5 Å². The van der Waals surface area contributed by atoms with Gasteiger partial charge in [-0.3, -0.25) is 52.7 Å². The molecule has 144 heavy (non-hydrogen) atoms. The Labute approximate surface area is 859 Å². The van der Waals surface area contributed by atoms with Gasteiger partial charge in [-0.25, -0.2) is 0 Å². The van der Waals surface area contributed by atoms with E-state index in [1.54, 1.807) is 19.6 Å². The largest absolute Gasteiger partial charge is 0.389 e. The summed E-state index contributed by atoms with van der Waals surface area (Å²) in [5.41, 5.74) is 21.1. The maximum absolute atomic E-state index is 12.8. The molecular weight excluding hydrogens is 1930 g/mol. The van der Waals surface area contributed by atoms with Crippen LogP contribution in [0.1, 0.15) is 147 Å². The molecule has 12 aromatic carbocycles. The molecule has 0 unspecified atom stereocenters. The van der Waals surface area contributed by atoms with Crippen LogP contribution in [-0.2, 0) is 118 Å². The van der Waals surface area contributed by atoms with Crippen LogP contribution in [0.3, 0.4) is 0 Å². The average molecular weight is 2050 g/mol. The highest BCUT2D eigenvalue weighted by atomic mass is 79.9. The van der Waals surface area contributed by atoms with Gasteiger partial charge >= 0.3 is 0 Å². The minimum absolute atomic E-state index is 0.00615. The topological polar surface area (TPSA) is 251 Å². The van der Waals surface area contributed by atoms with Gasteiger partial charge < -0.3 is 44.5 Å². The van der Waals surface area contributed by atoms with Gasteiger partial charge in [0.25, 0.3) is 0 Å². The lowest BCUT2D eigenvalue weighted by molar-refractivity contribution is -0.131. The van der Waals surface area contributed by atoms with Crippen LogP contribution in [0.25, 0.3) is 0 Å². The third kappa shape index (κ3) is 27.1. The maximum Gasteiger partial charge on any atom is 0.246 e. The Kier molecular flexibility index (Phi) is 38.2. The molecule has 0 fully saturated rings. The quantitative estimate of drug-likeness (QED) is 0.0674. The number of ketones is 4. The van der Waals surface area contributed by atoms with E-state index in [1.807, 2.05) is 245 Å². The zero-order chi connectivity index (χ0) is 102. The predicted molar refractivity (Wildman–Crippen MR) is 570 cm³/mol. The number of hydrogen-bond donors (Lipinski definition) is 2. The maximum atomic E-state index is 12.8. The standard InChI is InChI=1S/2C20H19NO2.2C18H16BrNO.C18H17NO.2C14H15NO3/c2*1-2-20(23)21-13-16-10-6-7-11-17(16)18(14-21)19(22)12-15-8-4-3-5-9-15;2*1-2-18(21)20-11-14-8-9-15(19)10-16(14)17(12-20)13-6-4-3-5-7-13;1-2-18(20)19-13-16-11-7-6-10-15(16)12-17(19)14-8-4-3-5-9-14;2*1-2-14(18)15-7-10-5-3-4-6-11(10)12(8-15)13(17)9-16/h2*2-11,18H,1,12-14H2;2*2-10,17H,1,11-12H2;2-11,17H,1,12-13H2;2*2-6,12,16H,1,7-9H2/t2*18-;3*17-;2*12-/m1010110/s1. The van der Waals surface area contributed by atoms with Crippen LogP contribution in [0.2, 0.25) is 0 Å². The molecule has 7 atom stereocenters. The number of carbonyl (C=O) groups excluding carboxylic acids is 11. The van der Waals surface area contributed by atoms with E-state index < -0.39 is 25.0 Å². The van der Waals surface area contributed by atoms with Gasteiger partial charge in [-0.1, -0.05) is 363 Å². The minimum atomic E-state index is -0.505. The summed E-state index contributed by atoms with van der Waals surface area (Å²) in [5.74, 6) is -1.92. The third-order valence-corrected chi connectivity index (χ3v) is 27.8. The average Bonchev–Trinajstić information content (AvgIpc) is 0.712. The van der Waals surface area contributed by atoms with Gasteiger partial charge in [0.1, 0.15) is 24.8 Å². The molecule has 0 saturated carbocycles. The predicted octanol–water partition coefficient (Wildman–Crippen LogP) is 19.7. The fourth-order valence-corrected chi connectivity index (χ4v) is 20.2. The van der Waals surface area contributed by atoms with E-state index in [1.165, 1.54) is 92.6 Å². The highest BCUT2D eigenvalue weighted by Gasteiger charge is 2.38. The Morgan fingerprint density at radius 3 is 0.792 bits per heavy atom. The first-order valence-corrected chi connectivity index (χ1v) is 49.4. The number of rotatable bonds is 20. The van der Waals surface area contributed by atoms with Gasteiger partial charge in [-0.05, 0) is 179 Å². The van der Waals surface area contributed by atoms with E-state index in [0.717, 1.165) is 71.0 Å². The normalized spacial score (nSPS) is 17.2. The van der Waals surface area contributed by atoms with Gasteiger partial charge in [-0.15, -0.1) is 0 Å². The van der Waals surface area contributed by atoms with E-state index in [2.05, 4.69) is 157 Å². The van der Waals surface area contributed by atoms with E-state index in [-0.39, 0.29) is 94.2 Å². The number of hydrogen-bond acceptors (Lipinski definition) is 13. The molecule has 0 aromatic heterocycles. The molecule has 19 rings (SSSR count). The number of carbonyl (C=O) groups is 11. The summed E-state index contributed by atoms with van der Waals surface area (Å²) >= 11 is 7.10. The van der Waals surface area contributed by atoms with E-state index in [9.17, 15) is 52.7 Å². The van der Waals surface area contributed by atoms with Crippen molar-refractivity contribution in [3.63, 3.8) is 0 Å². The summed E-state index contributed by atoms with van der Waals surface area (Å²) in [6.45, 7) is 30.7. The summed E-state index contributed by atoms with van der Waals surface area (Å²) in [7, 11) is 0. The van der Waals surface area contributed by atoms with Crippen molar-refractivity contribution < 1.29 is 63.0 Å². The zero-order valence-electron chi connectivity index (χ0n) is 80.5. The molecule has 12 aromatic rings. The van der Waals surface area contributed by atoms with Crippen LogP contribution in [0.5, 0.6) is 0 Å². The SMILES string of the molecule is C=CC(=O)N1Cc2ccc(Br)cc2[C@@H](c2ccccc2)C1.C=CC(=O)N1Cc2ccc(Br)cc2[C@H](c2ccccc2)C1.C=CC(=O)N1Cc2ccccc2C[C@@H]1c1ccccc1.C=CC(=O)N1Cc2ccccc2[C@@H](C(=O)CO)C1.C=CC(=O)N1Cc2ccccc2[C@@H](C(=O)Cc2ccccc2)C1.C=CC(=O)N1Cc2ccccc2[C@H](C(=O)CO)C1.C=CC(=O)N1Cc2ccccc2[C@H](C(=O)Cc2ccccc2)C1. The Morgan fingerprint density at radius 2 is 0.500 bits per heavy atom. The number of aliphatic hydroxyl groups is 2. The lowest BCUT2D eigenvalue weighted by Crippen LogP contribution is -2.40. The number of halogens is 2. The zero-order valence-corrected chi connectivity index (χ0v) is 83.6. The van der Waals surface area contributed by atoms with Crippen molar-refractivity contribution in [3.8, 4) is 0 Å². The molecule has 0 radical (unpaired) electrons. The van der Waals surface area contributed by atoms with Crippen molar-refractivity contribution in [2.45, 2.75) is 107 Å². The molecule has 7 heterocycles. The molecule has 7 aliphatic rings. The molecule has 0 saturated heterocycles. The number of fused-ring (bicyclic) bond motifs is 7. The second kappa shape index (κ2) is 51.9. The summed E-state index contributed by atoms with van der Waals surface area (Å²) < 4.78 is 2.15.